The lowest BCUT2D eigenvalue weighted by Crippen LogP contribution is -1.98. The van der Waals surface area contributed by atoms with Crippen LogP contribution in [0, 0.1) is 19.7 Å². The predicted octanol–water partition coefficient (Wildman–Crippen LogP) is 4.06. The van der Waals surface area contributed by atoms with E-state index in [0.29, 0.717) is 16.9 Å². The van der Waals surface area contributed by atoms with Crippen LogP contribution in [0.15, 0.2) is 42.2 Å². The lowest BCUT2D eigenvalue weighted by molar-refractivity contribution is 0.101. The van der Waals surface area contributed by atoms with Crippen molar-refractivity contribution in [1.82, 2.24) is 0 Å². The molecule has 3 rings (SSSR count). The lowest BCUT2D eigenvalue weighted by Gasteiger charge is -2.02. The van der Waals surface area contributed by atoms with E-state index < -0.39 is 0 Å². The maximum atomic E-state index is 13.2. The Hall–Kier alpha value is -2.42. The summed E-state index contributed by atoms with van der Waals surface area (Å²) in [7, 11) is 0. The highest BCUT2D eigenvalue weighted by Gasteiger charge is 2.27. The van der Waals surface area contributed by atoms with Gasteiger partial charge in [-0.3, -0.25) is 4.79 Å². The van der Waals surface area contributed by atoms with Crippen molar-refractivity contribution in [2.24, 2.45) is 0 Å². The fraction of sp³-hybridized carbons (Fsp3) is 0.118. The summed E-state index contributed by atoms with van der Waals surface area (Å²) in [6.45, 7) is 3.93. The molecular formula is C17H13FO2. The molecular weight excluding hydrogens is 255 g/mol. The van der Waals surface area contributed by atoms with Crippen LogP contribution in [0.25, 0.3) is 6.08 Å². The van der Waals surface area contributed by atoms with Gasteiger partial charge in [0.05, 0.1) is 5.56 Å². The maximum Gasteiger partial charge on any atom is 0.231 e. The van der Waals surface area contributed by atoms with Crippen LogP contribution in [0.5, 0.6) is 5.75 Å². The highest BCUT2D eigenvalue weighted by molar-refractivity contribution is 6.14. The molecule has 0 saturated heterocycles. The molecule has 0 radical (unpaired) electrons. The average Bonchev–Trinajstić information content (AvgIpc) is 2.68. The number of fused-ring (bicyclic) bond motifs is 1. The van der Waals surface area contributed by atoms with Crippen LogP contribution in [-0.2, 0) is 0 Å². The fourth-order valence-electron chi connectivity index (χ4n) is 2.19. The Kier molecular flexibility index (Phi) is 2.90. The monoisotopic (exact) mass is 268 g/mol. The van der Waals surface area contributed by atoms with Gasteiger partial charge >= 0.3 is 0 Å². The number of aryl methyl sites for hydroxylation is 2. The summed E-state index contributed by atoms with van der Waals surface area (Å²) in [5, 5.41) is 0. The van der Waals surface area contributed by atoms with Crippen LogP contribution in [-0.4, -0.2) is 5.78 Å². The molecule has 20 heavy (non-hydrogen) atoms. The van der Waals surface area contributed by atoms with E-state index in [4.69, 9.17) is 4.74 Å². The first kappa shape index (κ1) is 12.6. The van der Waals surface area contributed by atoms with E-state index in [1.807, 2.05) is 26.0 Å². The van der Waals surface area contributed by atoms with Gasteiger partial charge in [0, 0.05) is 0 Å². The van der Waals surface area contributed by atoms with Crippen molar-refractivity contribution < 1.29 is 13.9 Å². The van der Waals surface area contributed by atoms with Gasteiger partial charge in [-0.05, 0) is 60.9 Å². The third-order valence-electron chi connectivity index (χ3n) is 3.43. The summed E-state index contributed by atoms with van der Waals surface area (Å²) in [5.41, 5.74) is 3.29. The number of allylic oxidation sites excluding steroid dienone is 1. The predicted molar refractivity (Wildman–Crippen MR) is 75.3 cm³/mol. The minimum Gasteiger partial charge on any atom is -0.452 e. The zero-order chi connectivity index (χ0) is 14.3. The van der Waals surface area contributed by atoms with Crippen molar-refractivity contribution in [3.63, 3.8) is 0 Å². The molecule has 0 amide bonds. The number of hydrogen-bond acceptors (Lipinski definition) is 2. The molecule has 0 bridgehead atoms. The highest BCUT2D eigenvalue weighted by atomic mass is 19.1. The molecule has 0 spiro atoms. The molecule has 2 aromatic carbocycles. The molecule has 0 unspecified atom stereocenters. The summed E-state index contributed by atoms with van der Waals surface area (Å²) in [6, 6.07) is 9.74. The number of Topliss-reactive ketones (excluding diaryl/α,β-unsaturated/α-hetero) is 1. The van der Waals surface area contributed by atoms with Crippen molar-refractivity contribution in [2.75, 3.05) is 0 Å². The van der Waals surface area contributed by atoms with Crippen molar-refractivity contribution in [2.45, 2.75) is 13.8 Å². The number of carbonyl (C=O) groups excluding carboxylic acids is 1. The second-order valence-corrected chi connectivity index (χ2v) is 4.93. The Bertz CT molecular complexity index is 745. The van der Waals surface area contributed by atoms with Crippen molar-refractivity contribution in [3.05, 3.63) is 70.2 Å². The topological polar surface area (TPSA) is 26.3 Å². The summed E-state index contributed by atoms with van der Waals surface area (Å²) in [6.07, 6.45) is 1.57. The molecule has 0 atom stereocenters. The number of rotatable bonds is 1. The Labute approximate surface area is 116 Å². The van der Waals surface area contributed by atoms with Gasteiger partial charge in [-0.2, -0.15) is 0 Å². The van der Waals surface area contributed by atoms with Gasteiger partial charge in [0.15, 0.2) is 5.76 Å². The summed E-state index contributed by atoms with van der Waals surface area (Å²) in [5.74, 6) is 0.303. The van der Waals surface area contributed by atoms with Crippen molar-refractivity contribution in [1.29, 1.82) is 0 Å². The smallest absolute Gasteiger partial charge is 0.231 e. The normalized spacial score (nSPS) is 15.3. The number of ketones is 1. The standard InChI is InChI=1S/C17H13FO2/c1-10-6-14-15(7-11(10)2)20-16(17(14)19)9-12-4-3-5-13(18)8-12/h3-9H,1-2H3/b16-9-. The summed E-state index contributed by atoms with van der Waals surface area (Å²) >= 11 is 0. The third kappa shape index (κ3) is 2.11. The molecule has 0 aromatic heterocycles. The van der Waals surface area contributed by atoms with Gasteiger partial charge in [0.2, 0.25) is 5.78 Å². The maximum absolute atomic E-state index is 13.2. The van der Waals surface area contributed by atoms with Crippen LogP contribution in [0.3, 0.4) is 0 Å². The zero-order valence-corrected chi connectivity index (χ0v) is 11.2. The van der Waals surface area contributed by atoms with Crippen LogP contribution in [0.1, 0.15) is 27.0 Å². The first-order valence-corrected chi connectivity index (χ1v) is 6.35. The van der Waals surface area contributed by atoms with Crippen LogP contribution >= 0.6 is 0 Å². The van der Waals surface area contributed by atoms with Crippen LogP contribution in [0.2, 0.25) is 0 Å². The molecule has 0 fully saturated rings. The minimum absolute atomic E-state index is 0.160. The van der Waals surface area contributed by atoms with Crippen molar-refractivity contribution in [3.8, 4) is 5.75 Å². The van der Waals surface area contributed by atoms with Crippen LogP contribution in [0.4, 0.5) is 4.39 Å². The highest BCUT2D eigenvalue weighted by Crippen LogP contribution is 2.33. The molecule has 1 aliphatic rings. The molecule has 3 heteroatoms. The Morgan fingerprint density at radius 3 is 2.60 bits per heavy atom. The molecule has 1 heterocycles. The van der Waals surface area contributed by atoms with Gasteiger partial charge in [0.25, 0.3) is 0 Å². The molecule has 0 saturated carbocycles. The van der Waals surface area contributed by atoms with E-state index in [1.165, 1.54) is 12.1 Å². The Balaban J connectivity index is 2.01. The first-order chi connectivity index (χ1) is 9.54. The second-order valence-electron chi connectivity index (χ2n) is 4.93. The SMILES string of the molecule is Cc1cc2c(cc1C)C(=O)/C(=C/c1cccc(F)c1)O2. The molecule has 100 valence electrons. The van der Waals surface area contributed by atoms with Gasteiger partial charge < -0.3 is 4.74 Å². The average molecular weight is 268 g/mol. The van der Waals surface area contributed by atoms with E-state index in [9.17, 15) is 9.18 Å². The fourth-order valence-corrected chi connectivity index (χ4v) is 2.19. The van der Waals surface area contributed by atoms with Gasteiger partial charge in [0.1, 0.15) is 11.6 Å². The van der Waals surface area contributed by atoms with Gasteiger partial charge in [-0.1, -0.05) is 12.1 Å². The van der Waals surface area contributed by atoms with E-state index in [-0.39, 0.29) is 17.4 Å². The lowest BCUT2D eigenvalue weighted by atomic mass is 10.0. The Morgan fingerprint density at radius 1 is 1.10 bits per heavy atom. The number of carbonyl (C=O) groups is 1. The van der Waals surface area contributed by atoms with Gasteiger partial charge in [-0.15, -0.1) is 0 Å². The molecule has 2 aromatic rings. The zero-order valence-electron chi connectivity index (χ0n) is 11.2. The van der Waals surface area contributed by atoms with E-state index in [0.717, 1.165) is 11.1 Å². The second kappa shape index (κ2) is 4.60. The number of benzene rings is 2. The largest absolute Gasteiger partial charge is 0.452 e. The first-order valence-electron chi connectivity index (χ1n) is 6.35. The number of halogens is 1. The van der Waals surface area contributed by atoms with E-state index >= 15 is 0 Å². The summed E-state index contributed by atoms with van der Waals surface area (Å²) in [4.78, 5) is 12.3. The minimum atomic E-state index is -0.339. The molecule has 2 nitrogen and oxygen atoms in total. The van der Waals surface area contributed by atoms with Gasteiger partial charge in [-0.25, -0.2) is 4.39 Å². The number of ether oxygens (including phenoxy) is 1. The molecule has 0 N–H and O–H groups in total. The van der Waals surface area contributed by atoms with Crippen molar-refractivity contribution >= 4 is 11.9 Å². The van der Waals surface area contributed by atoms with Crippen LogP contribution < -0.4 is 4.74 Å². The van der Waals surface area contributed by atoms with E-state index in [2.05, 4.69) is 0 Å². The third-order valence-corrected chi connectivity index (χ3v) is 3.43. The summed E-state index contributed by atoms with van der Waals surface area (Å²) < 4.78 is 18.7. The Morgan fingerprint density at radius 2 is 1.85 bits per heavy atom. The number of hydrogen-bond donors (Lipinski definition) is 0. The molecule has 0 aliphatic carbocycles. The quantitative estimate of drug-likeness (QED) is 0.729. The molecule has 1 aliphatic heterocycles. The van der Waals surface area contributed by atoms with E-state index in [1.54, 1.807) is 18.2 Å².